The van der Waals surface area contributed by atoms with Gasteiger partial charge in [0.1, 0.15) is 0 Å². The maximum absolute atomic E-state index is 5.65. The van der Waals surface area contributed by atoms with Gasteiger partial charge in [-0.15, -0.1) is 0 Å². The molecule has 17 aromatic rings. The lowest BCUT2D eigenvalue weighted by atomic mass is 9.80. The molecule has 18 rings (SSSR count). The Bertz CT molecular complexity index is 5690. The molecule has 0 atom stereocenters. The van der Waals surface area contributed by atoms with Gasteiger partial charge in [0.2, 0.25) is 5.95 Å². The van der Waals surface area contributed by atoms with Gasteiger partial charge in [0.25, 0.3) is 0 Å². The second-order valence-corrected chi connectivity index (χ2v) is 23.9. The molecule has 88 heavy (non-hydrogen) atoms. The molecular formula is C82H54N6. The number of hydrogen-bond acceptors (Lipinski definition) is 4. The fourth-order valence-corrected chi connectivity index (χ4v) is 14.7. The Kier molecular flexibility index (Phi) is 10.9. The van der Waals surface area contributed by atoms with Gasteiger partial charge in [-0.2, -0.15) is 9.97 Å². The van der Waals surface area contributed by atoms with Crippen molar-refractivity contribution in [2.45, 2.75) is 19.3 Å². The number of para-hydroxylation sites is 3. The highest BCUT2D eigenvalue weighted by Gasteiger charge is 2.41. The molecule has 3 heterocycles. The van der Waals surface area contributed by atoms with Crippen LogP contribution in [0.5, 0.6) is 0 Å². The summed E-state index contributed by atoms with van der Waals surface area (Å²) in [6, 6.07) is 106. The Morgan fingerprint density at radius 3 is 1.41 bits per heavy atom. The zero-order chi connectivity index (χ0) is 58.2. The van der Waals surface area contributed by atoms with E-state index in [0.717, 1.165) is 72.3 Å². The highest BCUT2D eigenvalue weighted by atomic mass is 15.2. The third-order valence-electron chi connectivity index (χ3n) is 18.7. The van der Waals surface area contributed by atoms with Gasteiger partial charge in [-0.1, -0.05) is 226 Å². The first-order valence-corrected chi connectivity index (χ1v) is 30.3. The van der Waals surface area contributed by atoms with Crippen LogP contribution in [0.15, 0.2) is 291 Å². The minimum absolute atomic E-state index is 0.501. The van der Waals surface area contributed by atoms with Crippen LogP contribution in [0.1, 0.15) is 25.0 Å². The molecule has 0 saturated carbocycles. The number of aromatic nitrogens is 5. The molecule has 0 unspecified atom stereocenters. The van der Waals surface area contributed by atoms with Gasteiger partial charge in [0.15, 0.2) is 11.6 Å². The van der Waals surface area contributed by atoms with Crippen LogP contribution in [-0.2, 0) is 5.41 Å². The summed E-state index contributed by atoms with van der Waals surface area (Å²) in [5, 5.41) is 14.6. The summed E-state index contributed by atoms with van der Waals surface area (Å²) in [6.45, 7) is 4.86. The van der Waals surface area contributed by atoms with Gasteiger partial charge in [0, 0.05) is 60.8 Å². The third-order valence-corrected chi connectivity index (χ3v) is 18.7. The van der Waals surface area contributed by atoms with Crippen molar-refractivity contribution in [1.29, 1.82) is 0 Å². The maximum Gasteiger partial charge on any atom is 0.238 e. The predicted molar refractivity (Wildman–Crippen MR) is 367 cm³/mol. The monoisotopic (exact) mass is 1120 g/mol. The molecule has 0 amide bonds. The molecule has 3 aromatic heterocycles. The van der Waals surface area contributed by atoms with E-state index in [4.69, 9.17) is 15.0 Å². The van der Waals surface area contributed by atoms with Crippen molar-refractivity contribution in [3.63, 3.8) is 0 Å². The standard InChI is InChI=1S/C82H54N6/c1-82(2)71-50-67-62-34-18-16-32-60(62)59-31-15-17-33-61(59)66(67)49-69(71)75-64-36-19-20-37-65(64)76-70-48-58(86(55-27-11-5-12-28-55)57-43-45-73-68(47-57)63-35-21-22-38-72(63)87(73)56-29-13-6-14-30-56)44-46-74(70)88(78(76)77(75)82)81-84-79(53-25-9-4-10-26-53)83-80(85-81)54-41-39-52(40-42-54)51-23-7-3-8-24-51/h3-50H,1-2H3. The molecule has 0 saturated heterocycles. The Labute approximate surface area is 508 Å². The molecule has 0 bridgehead atoms. The van der Waals surface area contributed by atoms with E-state index in [9.17, 15) is 0 Å². The summed E-state index contributed by atoms with van der Waals surface area (Å²) in [7, 11) is 0. The van der Waals surface area contributed by atoms with Crippen LogP contribution in [0.2, 0.25) is 0 Å². The first-order valence-electron chi connectivity index (χ1n) is 30.3. The van der Waals surface area contributed by atoms with E-state index >= 15 is 0 Å². The SMILES string of the molecule is CC1(C)c2cc3c4ccccc4c4ccccc4c3cc2-c2c1c1c(c3ccccc23)c2cc(N(c3ccccc3)c3ccc4c(c3)c3ccccc3n4-c3ccccc3)ccc2n1-c1nc(-c2ccccc2)nc(-c2ccc(-c3ccccc3)cc2)n1. The molecule has 0 fully saturated rings. The number of anilines is 3. The van der Waals surface area contributed by atoms with Crippen LogP contribution in [0.25, 0.3) is 143 Å². The second-order valence-electron chi connectivity index (χ2n) is 23.9. The molecule has 6 nitrogen and oxygen atoms in total. The number of benzene rings is 14. The van der Waals surface area contributed by atoms with Gasteiger partial charge >= 0.3 is 0 Å². The van der Waals surface area contributed by atoms with Crippen molar-refractivity contribution in [2.24, 2.45) is 0 Å². The minimum Gasteiger partial charge on any atom is -0.310 e. The molecular weight excluding hydrogens is 1070 g/mol. The Morgan fingerprint density at radius 2 is 0.773 bits per heavy atom. The van der Waals surface area contributed by atoms with Crippen molar-refractivity contribution < 1.29 is 0 Å². The molecule has 0 radical (unpaired) electrons. The quantitative estimate of drug-likeness (QED) is 0.142. The van der Waals surface area contributed by atoms with Crippen LogP contribution in [0.3, 0.4) is 0 Å². The predicted octanol–water partition coefficient (Wildman–Crippen LogP) is 21.5. The normalized spacial score (nSPS) is 12.8. The lowest BCUT2D eigenvalue weighted by Gasteiger charge is -2.26. The van der Waals surface area contributed by atoms with Crippen molar-refractivity contribution in [3.8, 4) is 56.7 Å². The van der Waals surface area contributed by atoms with Crippen molar-refractivity contribution >= 4 is 104 Å². The largest absolute Gasteiger partial charge is 0.310 e. The summed E-state index contributed by atoms with van der Waals surface area (Å²) in [4.78, 5) is 19.0. The van der Waals surface area contributed by atoms with Crippen LogP contribution >= 0.6 is 0 Å². The van der Waals surface area contributed by atoms with Crippen molar-refractivity contribution in [3.05, 3.63) is 302 Å². The first-order chi connectivity index (χ1) is 43.4. The highest BCUT2D eigenvalue weighted by Crippen LogP contribution is 2.58. The lowest BCUT2D eigenvalue weighted by Crippen LogP contribution is -2.17. The third kappa shape index (κ3) is 7.45. The van der Waals surface area contributed by atoms with E-state index in [1.165, 1.54) is 81.6 Å². The zero-order valence-electron chi connectivity index (χ0n) is 48.4. The Morgan fingerprint density at radius 1 is 0.318 bits per heavy atom. The van der Waals surface area contributed by atoms with Crippen LogP contribution < -0.4 is 4.90 Å². The fourth-order valence-electron chi connectivity index (χ4n) is 14.7. The second kappa shape index (κ2) is 19.3. The number of rotatable bonds is 8. The summed E-state index contributed by atoms with van der Waals surface area (Å²) in [5.41, 5.74) is 17.3. The number of hydrogen-bond donors (Lipinski definition) is 0. The van der Waals surface area contributed by atoms with Crippen LogP contribution in [0.4, 0.5) is 17.1 Å². The molecule has 1 aliphatic rings. The smallest absolute Gasteiger partial charge is 0.238 e. The molecule has 1 aliphatic carbocycles. The summed E-state index contributed by atoms with van der Waals surface area (Å²) >= 11 is 0. The summed E-state index contributed by atoms with van der Waals surface area (Å²) in [6.07, 6.45) is 0. The Hall–Kier alpha value is -11.5. The van der Waals surface area contributed by atoms with Gasteiger partial charge < -0.3 is 9.47 Å². The van der Waals surface area contributed by atoms with Gasteiger partial charge in [-0.25, -0.2) is 4.98 Å². The van der Waals surface area contributed by atoms with Crippen LogP contribution in [-0.4, -0.2) is 24.1 Å². The average molecular weight is 1120 g/mol. The van der Waals surface area contributed by atoms with E-state index in [0.29, 0.717) is 17.6 Å². The molecule has 412 valence electrons. The maximum atomic E-state index is 5.65. The fraction of sp³-hybridized carbons (Fsp3) is 0.0366. The first kappa shape index (κ1) is 49.9. The minimum atomic E-state index is -0.501. The number of fused-ring (bicyclic) bond motifs is 19. The molecule has 0 spiro atoms. The number of nitrogens with zero attached hydrogens (tertiary/aromatic N) is 6. The van der Waals surface area contributed by atoms with E-state index in [2.05, 4.69) is 313 Å². The van der Waals surface area contributed by atoms with E-state index in [1.54, 1.807) is 0 Å². The summed E-state index contributed by atoms with van der Waals surface area (Å²) < 4.78 is 4.76. The lowest BCUT2D eigenvalue weighted by molar-refractivity contribution is 0.664. The van der Waals surface area contributed by atoms with Crippen molar-refractivity contribution in [1.82, 2.24) is 24.1 Å². The zero-order valence-corrected chi connectivity index (χ0v) is 48.4. The highest BCUT2D eigenvalue weighted by molar-refractivity contribution is 6.30. The van der Waals surface area contributed by atoms with Gasteiger partial charge in [-0.3, -0.25) is 4.57 Å². The molecule has 0 N–H and O–H groups in total. The molecule has 6 heteroatoms. The topological polar surface area (TPSA) is 51.8 Å². The van der Waals surface area contributed by atoms with E-state index in [1.807, 2.05) is 6.07 Å². The van der Waals surface area contributed by atoms with Gasteiger partial charge in [-0.05, 0) is 155 Å². The van der Waals surface area contributed by atoms with E-state index in [-0.39, 0.29) is 0 Å². The molecule has 0 aliphatic heterocycles. The van der Waals surface area contributed by atoms with E-state index < -0.39 is 5.41 Å². The van der Waals surface area contributed by atoms with Gasteiger partial charge in [0.05, 0.1) is 22.1 Å². The molecule has 14 aromatic carbocycles. The average Bonchev–Trinajstić information content (AvgIpc) is 1.52. The van der Waals surface area contributed by atoms with Crippen LogP contribution in [0, 0.1) is 0 Å². The Balaban J connectivity index is 0.945. The van der Waals surface area contributed by atoms with Crippen molar-refractivity contribution in [2.75, 3.05) is 4.90 Å². The summed E-state index contributed by atoms with van der Waals surface area (Å²) in [5.74, 6) is 1.75.